The van der Waals surface area contributed by atoms with Crippen LogP contribution in [0.2, 0.25) is 0 Å². The average molecular weight is 339 g/mol. The summed E-state index contributed by atoms with van der Waals surface area (Å²) in [6.45, 7) is 4.94. The van der Waals surface area contributed by atoms with Crippen LogP contribution in [0.5, 0.6) is 0 Å². The molecule has 0 atom stereocenters. The van der Waals surface area contributed by atoms with Gasteiger partial charge in [0.15, 0.2) is 0 Å². The van der Waals surface area contributed by atoms with Gasteiger partial charge in [-0.15, -0.1) is 0 Å². The van der Waals surface area contributed by atoms with E-state index in [0.717, 1.165) is 39.1 Å². The molecule has 0 aliphatic carbocycles. The Kier molecular flexibility index (Phi) is 5.15. The van der Waals surface area contributed by atoms with Gasteiger partial charge < -0.3 is 5.32 Å². The van der Waals surface area contributed by atoms with Gasteiger partial charge in [0.25, 0.3) is 0 Å². The van der Waals surface area contributed by atoms with Crippen LogP contribution >= 0.6 is 27.7 Å². The lowest BCUT2D eigenvalue weighted by molar-refractivity contribution is 0.926. The fourth-order valence-corrected chi connectivity index (χ4v) is 2.50. The summed E-state index contributed by atoms with van der Waals surface area (Å²) in [6.07, 6.45) is 2.85. The van der Waals surface area contributed by atoms with Gasteiger partial charge in [-0.05, 0) is 53.2 Å². The van der Waals surface area contributed by atoms with E-state index in [-0.39, 0.29) is 0 Å². The number of nitrogens with zero attached hydrogens (tertiary/aromatic N) is 3. The van der Waals surface area contributed by atoms with Crippen LogP contribution in [0.1, 0.15) is 19.2 Å². The summed E-state index contributed by atoms with van der Waals surface area (Å²) in [6, 6.07) is 5.89. The predicted molar refractivity (Wildman–Crippen MR) is 81.6 cm³/mol. The Morgan fingerprint density at radius 1 is 1.26 bits per heavy atom. The van der Waals surface area contributed by atoms with Crippen molar-refractivity contribution in [3.63, 3.8) is 0 Å². The standard InChI is InChI=1S/C13H15BrN4S/c1-3-6-15-11-7-13(18-9(2)17-11)19-12-5-4-10(14)8-16-12/h4-5,7-8H,3,6H2,1-2H3,(H,15,17,18). The van der Waals surface area contributed by atoms with Crippen molar-refractivity contribution >= 4 is 33.5 Å². The molecule has 6 heteroatoms. The van der Waals surface area contributed by atoms with Gasteiger partial charge in [0.1, 0.15) is 21.7 Å². The fourth-order valence-electron chi connectivity index (χ4n) is 1.47. The molecule has 2 heterocycles. The van der Waals surface area contributed by atoms with Gasteiger partial charge >= 0.3 is 0 Å². The number of aryl methyl sites for hydroxylation is 1. The lowest BCUT2D eigenvalue weighted by Gasteiger charge is -2.07. The third kappa shape index (κ3) is 4.47. The van der Waals surface area contributed by atoms with Crippen LogP contribution in [0.4, 0.5) is 5.82 Å². The summed E-state index contributed by atoms with van der Waals surface area (Å²) in [5.41, 5.74) is 0. The monoisotopic (exact) mass is 338 g/mol. The zero-order valence-corrected chi connectivity index (χ0v) is 13.3. The molecular weight excluding hydrogens is 324 g/mol. The highest BCUT2D eigenvalue weighted by atomic mass is 79.9. The molecule has 0 spiro atoms. The predicted octanol–water partition coefficient (Wildman–Crippen LogP) is 3.92. The number of rotatable bonds is 5. The van der Waals surface area contributed by atoms with Gasteiger partial charge in [0.2, 0.25) is 0 Å². The minimum Gasteiger partial charge on any atom is -0.370 e. The van der Waals surface area contributed by atoms with Gasteiger partial charge in [-0.3, -0.25) is 0 Å². The topological polar surface area (TPSA) is 50.7 Å². The Balaban J connectivity index is 2.15. The van der Waals surface area contributed by atoms with Crippen LogP contribution in [0, 0.1) is 6.92 Å². The first kappa shape index (κ1) is 14.3. The second kappa shape index (κ2) is 6.86. The van der Waals surface area contributed by atoms with Crippen molar-refractivity contribution < 1.29 is 0 Å². The number of aromatic nitrogens is 3. The van der Waals surface area contributed by atoms with E-state index in [1.807, 2.05) is 25.1 Å². The smallest absolute Gasteiger partial charge is 0.130 e. The quantitative estimate of drug-likeness (QED) is 0.837. The summed E-state index contributed by atoms with van der Waals surface area (Å²) >= 11 is 4.91. The van der Waals surface area contributed by atoms with E-state index in [2.05, 4.69) is 43.1 Å². The van der Waals surface area contributed by atoms with E-state index in [9.17, 15) is 0 Å². The molecule has 2 aromatic rings. The highest BCUT2D eigenvalue weighted by Crippen LogP contribution is 2.26. The number of anilines is 1. The molecule has 0 aliphatic heterocycles. The number of hydrogen-bond donors (Lipinski definition) is 1. The first-order valence-electron chi connectivity index (χ1n) is 6.06. The molecule has 0 fully saturated rings. The van der Waals surface area contributed by atoms with Gasteiger partial charge in [-0.2, -0.15) is 0 Å². The number of pyridine rings is 1. The van der Waals surface area contributed by atoms with Crippen LogP contribution in [0.25, 0.3) is 0 Å². The molecule has 19 heavy (non-hydrogen) atoms. The maximum Gasteiger partial charge on any atom is 0.130 e. The molecule has 0 unspecified atom stereocenters. The van der Waals surface area contributed by atoms with Crippen LogP contribution < -0.4 is 5.32 Å². The van der Waals surface area contributed by atoms with E-state index < -0.39 is 0 Å². The lowest BCUT2D eigenvalue weighted by Crippen LogP contribution is -2.04. The molecule has 2 rings (SSSR count). The molecule has 100 valence electrons. The SMILES string of the molecule is CCCNc1cc(Sc2ccc(Br)cn2)nc(C)n1. The lowest BCUT2D eigenvalue weighted by atomic mass is 10.4. The molecule has 0 saturated heterocycles. The molecule has 1 N–H and O–H groups in total. The Labute approximate surface area is 125 Å². The molecule has 0 saturated carbocycles. The third-order valence-electron chi connectivity index (χ3n) is 2.28. The normalized spacial score (nSPS) is 10.5. The molecule has 2 aromatic heterocycles. The summed E-state index contributed by atoms with van der Waals surface area (Å²) < 4.78 is 0.973. The van der Waals surface area contributed by atoms with Crippen molar-refractivity contribution in [2.45, 2.75) is 30.3 Å². The second-order valence-electron chi connectivity index (χ2n) is 3.98. The molecule has 0 aromatic carbocycles. The Bertz CT molecular complexity index is 545. The molecule has 0 amide bonds. The number of nitrogens with one attached hydrogen (secondary N) is 1. The van der Waals surface area contributed by atoms with Crippen LogP contribution in [-0.2, 0) is 0 Å². The van der Waals surface area contributed by atoms with Crippen molar-refractivity contribution in [3.8, 4) is 0 Å². The first-order chi connectivity index (χ1) is 9.17. The van der Waals surface area contributed by atoms with E-state index in [4.69, 9.17) is 0 Å². The van der Waals surface area contributed by atoms with Crippen molar-refractivity contribution in [2.75, 3.05) is 11.9 Å². The van der Waals surface area contributed by atoms with Crippen molar-refractivity contribution in [3.05, 3.63) is 34.7 Å². The van der Waals surface area contributed by atoms with Gasteiger partial charge in [-0.1, -0.05) is 6.92 Å². The van der Waals surface area contributed by atoms with Crippen molar-refractivity contribution in [1.29, 1.82) is 0 Å². The zero-order chi connectivity index (χ0) is 13.7. The fraction of sp³-hybridized carbons (Fsp3) is 0.308. The maximum atomic E-state index is 4.42. The van der Waals surface area contributed by atoms with Gasteiger partial charge in [0.05, 0.1) is 0 Å². The molecule has 0 bridgehead atoms. The molecular formula is C13H15BrN4S. The first-order valence-corrected chi connectivity index (χ1v) is 7.67. The minimum atomic E-state index is 0.765. The Hall–Kier alpha value is -1.14. The summed E-state index contributed by atoms with van der Waals surface area (Å²) in [7, 11) is 0. The van der Waals surface area contributed by atoms with Gasteiger partial charge in [0, 0.05) is 23.3 Å². The van der Waals surface area contributed by atoms with E-state index >= 15 is 0 Å². The summed E-state index contributed by atoms with van der Waals surface area (Å²) in [5.74, 6) is 1.63. The molecule has 4 nitrogen and oxygen atoms in total. The molecule has 0 radical (unpaired) electrons. The van der Waals surface area contributed by atoms with E-state index in [1.54, 1.807) is 6.20 Å². The molecule has 0 aliphatic rings. The van der Waals surface area contributed by atoms with E-state index in [1.165, 1.54) is 11.8 Å². The van der Waals surface area contributed by atoms with Gasteiger partial charge in [-0.25, -0.2) is 15.0 Å². The minimum absolute atomic E-state index is 0.765. The highest BCUT2D eigenvalue weighted by Gasteiger charge is 2.04. The highest BCUT2D eigenvalue weighted by molar-refractivity contribution is 9.10. The van der Waals surface area contributed by atoms with E-state index in [0.29, 0.717) is 0 Å². The van der Waals surface area contributed by atoms with Crippen LogP contribution in [-0.4, -0.2) is 21.5 Å². The summed E-state index contributed by atoms with van der Waals surface area (Å²) in [5, 5.41) is 5.10. The number of halogens is 1. The largest absolute Gasteiger partial charge is 0.370 e. The number of hydrogen-bond acceptors (Lipinski definition) is 5. The average Bonchev–Trinajstić information content (AvgIpc) is 2.38. The maximum absolute atomic E-state index is 4.42. The van der Waals surface area contributed by atoms with Crippen molar-refractivity contribution in [1.82, 2.24) is 15.0 Å². The Morgan fingerprint density at radius 2 is 2.11 bits per heavy atom. The third-order valence-corrected chi connectivity index (χ3v) is 3.62. The second-order valence-corrected chi connectivity index (χ2v) is 5.94. The van der Waals surface area contributed by atoms with Crippen LogP contribution in [0.15, 0.2) is 38.9 Å². The van der Waals surface area contributed by atoms with Crippen LogP contribution in [0.3, 0.4) is 0 Å². The summed E-state index contributed by atoms with van der Waals surface area (Å²) in [4.78, 5) is 13.1. The van der Waals surface area contributed by atoms with Crippen molar-refractivity contribution in [2.24, 2.45) is 0 Å². The zero-order valence-electron chi connectivity index (χ0n) is 10.9. The Morgan fingerprint density at radius 3 is 2.79 bits per heavy atom.